The maximum absolute atomic E-state index is 11.7. The number of nitrogens with zero attached hydrogens (tertiary/aromatic N) is 2. The van der Waals surface area contributed by atoms with Crippen LogP contribution in [0, 0.1) is 13.8 Å². The lowest BCUT2D eigenvalue weighted by Gasteiger charge is -2.09. The van der Waals surface area contributed by atoms with Gasteiger partial charge < -0.3 is 5.32 Å². The smallest absolute Gasteiger partial charge is 0.326 e. The van der Waals surface area contributed by atoms with Crippen LogP contribution in [0.1, 0.15) is 17.6 Å². The van der Waals surface area contributed by atoms with Crippen molar-refractivity contribution < 1.29 is 9.59 Å². The van der Waals surface area contributed by atoms with Crippen LogP contribution in [0.5, 0.6) is 0 Å². The van der Waals surface area contributed by atoms with Crippen LogP contribution in [0.25, 0.3) is 0 Å². The zero-order valence-electron chi connectivity index (χ0n) is 8.70. The quantitative estimate of drug-likeness (QED) is 0.730. The summed E-state index contributed by atoms with van der Waals surface area (Å²) in [5.41, 5.74) is 0.718. The molecule has 1 unspecified atom stereocenters. The van der Waals surface area contributed by atoms with Gasteiger partial charge in [-0.2, -0.15) is 0 Å². The molecule has 0 spiro atoms. The SMILES string of the molecule is Cc1nc(C)c(N2C(=O)NC(C)C2=O)s1. The maximum Gasteiger partial charge on any atom is 0.330 e. The second-order valence-electron chi connectivity index (χ2n) is 3.47. The Morgan fingerprint density at radius 3 is 2.47 bits per heavy atom. The molecule has 0 radical (unpaired) electrons. The molecule has 6 heteroatoms. The van der Waals surface area contributed by atoms with Crippen molar-refractivity contribution in [2.75, 3.05) is 4.90 Å². The van der Waals surface area contributed by atoms with E-state index >= 15 is 0 Å². The van der Waals surface area contributed by atoms with Crippen molar-refractivity contribution in [3.63, 3.8) is 0 Å². The molecule has 0 aromatic carbocycles. The first-order chi connectivity index (χ1) is 7.00. The number of aromatic nitrogens is 1. The van der Waals surface area contributed by atoms with Crippen LogP contribution >= 0.6 is 11.3 Å². The second-order valence-corrected chi connectivity index (χ2v) is 4.65. The second kappa shape index (κ2) is 3.30. The minimum absolute atomic E-state index is 0.216. The van der Waals surface area contributed by atoms with Crippen molar-refractivity contribution in [1.29, 1.82) is 0 Å². The molecule has 2 rings (SSSR count). The number of hydrogen-bond acceptors (Lipinski definition) is 4. The third-order valence-corrected chi connectivity index (χ3v) is 3.27. The van der Waals surface area contributed by atoms with Crippen LogP contribution in [0.4, 0.5) is 9.80 Å². The Balaban J connectivity index is 2.43. The van der Waals surface area contributed by atoms with Crippen molar-refractivity contribution in [1.82, 2.24) is 10.3 Å². The Morgan fingerprint density at radius 2 is 2.07 bits per heavy atom. The zero-order valence-corrected chi connectivity index (χ0v) is 9.51. The highest BCUT2D eigenvalue weighted by Crippen LogP contribution is 2.30. The predicted octanol–water partition coefficient (Wildman–Crippen LogP) is 1.20. The summed E-state index contributed by atoms with van der Waals surface area (Å²) >= 11 is 1.35. The molecule has 0 aliphatic carbocycles. The van der Waals surface area contributed by atoms with Gasteiger partial charge in [-0.1, -0.05) is 0 Å². The summed E-state index contributed by atoms with van der Waals surface area (Å²) in [5, 5.41) is 4.04. The first kappa shape index (κ1) is 10.1. The minimum Gasteiger partial charge on any atom is -0.326 e. The summed E-state index contributed by atoms with van der Waals surface area (Å²) in [6.45, 7) is 5.31. The van der Waals surface area contributed by atoms with Crippen molar-refractivity contribution in [2.24, 2.45) is 0 Å². The van der Waals surface area contributed by atoms with Crippen molar-refractivity contribution in [3.05, 3.63) is 10.7 Å². The minimum atomic E-state index is -0.445. The van der Waals surface area contributed by atoms with E-state index in [0.717, 1.165) is 10.7 Å². The van der Waals surface area contributed by atoms with Gasteiger partial charge in [-0.15, -0.1) is 11.3 Å². The molecule has 0 bridgehead atoms. The van der Waals surface area contributed by atoms with Gasteiger partial charge in [0.1, 0.15) is 11.0 Å². The summed E-state index contributed by atoms with van der Waals surface area (Å²) < 4.78 is 0. The fourth-order valence-corrected chi connectivity index (χ4v) is 2.45. The first-order valence-electron chi connectivity index (χ1n) is 4.59. The standard InChI is InChI=1S/C9H11N3O2S/c1-4-7(13)12(9(14)11-4)8-5(2)10-6(3)15-8/h4H,1-3H3,(H,11,14). The average molecular weight is 225 g/mol. The molecule has 1 aliphatic heterocycles. The summed E-state index contributed by atoms with van der Waals surface area (Å²) in [7, 11) is 0. The van der Waals surface area contributed by atoms with E-state index in [4.69, 9.17) is 0 Å². The number of anilines is 1. The average Bonchev–Trinajstić information content (AvgIpc) is 2.56. The van der Waals surface area contributed by atoms with Crippen LogP contribution in [0.3, 0.4) is 0 Å². The van der Waals surface area contributed by atoms with Crippen LogP contribution in [-0.2, 0) is 4.79 Å². The predicted molar refractivity (Wildman–Crippen MR) is 57.1 cm³/mol. The number of hydrogen-bond donors (Lipinski definition) is 1. The molecule has 1 N–H and O–H groups in total. The molecule has 0 saturated carbocycles. The number of rotatable bonds is 1. The van der Waals surface area contributed by atoms with E-state index in [-0.39, 0.29) is 11.9 Å². The van der Waals surface area contributed by atoms with Crippen LogP contribution in [-0.4, -0.2) is 23.0 Å². The number of amides is 3. The molecule has 1 aromatic rings. The van der Waals surface area contributed by atoms with Crippen LogP contribution < -0.4 is 10.2 Å². The number of imide groups is 1. The first-order valence-corrected chi connectivity index (χ1v) is 5.41. The lowest BCUT2D eigenvalue weighted by atomic mass is 10.3. The van der Waals surface area contributed by atoms with E-state index in [1.165, 1.54) is 16.2 Å². The molecular formula is C9H11N3O2S. The number of carbonyl (C=O) groups excluding carboxylic acids is 2. The lowest BCUT2D eigenvalue weighted by Crippen LogP contribution is -2.30. The van der Waals surface area contributed by atoms with Crippen LogP contribution in [0.2, 0.25) is 0 Å². The highest BCUT2D eigenvalue weighted by atomic mass is 32.1. The molecule has 3 amide bonds. The number of aryl methyl sites for hydroxylation is 2. The molecule has 1 aromatic heterocycles. The monoisotopic (exact) mass is 225 g/mol. The van der Waals surface area contributed by atoms with Crippen molar-refractivity contribution in [3.8, 4) is 0 Å². The van der Waals surface area contributed by atoms with E-state index in [9.17, 15) is 9.59 Å². The molecule has 80 valence electrons. The summed E-state index contributed by atoms with van der Waals surface area (Å²) in [5.74, 6) is -0.216. The molecule has 1 fully saturated rings. The summed E-state index contributed by atoms with van der Waals surface area (Å²) in [6, 6.07) is -0.807. The Hall–Kier alpha value is -1.43. The van der Waals surface area contributed by atoms with Crippen molar-refractivity contribution in [2.45, 2.75) is 26.8 Å². The zero-order chi connectivity index (χ0) is 11.2. The van der Waals surface area contributed by atoms with Gasteiger partial charge in [0.05, 0.1) is 10.7 Å². The molecule has 5 nitrogen and oxygen atoms in total. The number of urea groups is 1. The van der Waals surface area contributed by atoms with Crippen LogP contribution in [0.15, 0.2) is 0 Å². The fraction of sp³-hybridized carbons (Fsp3) is 0.444. The Labute approximate surface area is 91.1 Å². The number of thiazole rings is 1. The number of carbonyl (C=O) groups is 2. The molecule has 1 atom stereocenters. The normalized spacial score (nSPS) is 21.0. The third-order valence-electron chi connectivity index (χ3n) is 2.22. The molecule has 2 heterocycles. The maximum atomic E-state index is 11.7. The van der Waals surface area contributed by atoms with E-state index in [2.05, 4.69) is 10.3 Å². The largest absolute Gasteiger partial charge is 0.330 e. The van der Waals surface area contributed by atoms with Gasteiger partial charge >= 0.3 is 6.03 Å². The van der Waals surface area contributed by atoms with Gasteiger partial charge in [0.15, 0.2) is 0 Å². The summed E-state index contributed by atoms with van der Waals surface area (Å²) in [6.07, 6.45) is 0. The number of nitrogens with one attached hydrogen (secondary N) is 1. The Kier molecular flexibility index (Phi) is 2.22. The Bertz CT molecular complexity index is 441. The Morgan fingerprint density at radius 1 is 1.40 bits per heavy atom. The van der Waals surface area contributed by atoms with Gasteiger partial charge in [0, 0.05) is 0 Å². The van der Waals surface area contributed by atoms with Gasteiger partial charge in [-0.3, -0.25) is 4.79 Å². The molecule has 1 aliphatic rings. The highest BCUT2D eigenvalue weighted by molar-refractivity contribution is 7.16. The molecule has 1 saturated heterocycles. The van der Waals surface area contributed by atoms with Gasteiger partial charge in [-0.05, 0) is 20.8 Å². The van der Waals surface area contributed by atoms with E-state index in [1.807, 2.05) is 6.92 Å². The highest BCUT2D eigenvalue weighted by Gasteiger charge is 2.38. The van der Waals surface area contributed by atoms with E-state index in [1.54, 1.807) is 13.8 Å². The fourth-order valence-electron chi connectivity index (χ4n) is 1.53. The molecular weight excluding hydrogens is 214 g/mol. The topological polar surface area (TPSA) is 62.3 Å². The third kappa shape index (κ3) is 1.50. The van der Waals surface area contributed by atoms with Gasteiger partial charge in [-0.25, -0.2) is 14.7 Å². The molecule has 15 heavy (non-hydrogen) atoms. The summed E-state index contributed by atoms with van der Waals surface area (Å²) in [4.78, 5) is 28.6. The van der Waals surface area contributed by atoms with Gasteiger partial charge in [0.2, 0.25) is 0 Å². The van der Waals surface area contributed by atoms with Crippen molar-refractivity contribution >= 4 is 28.3 Å². The lowest BCUT2D eigenvalue weighted by molar-refractivity contribution is -0.117. The van der Waals surface area contributed by atoms with E-state index in [0.29, 0.717) is 5.00 Å². The van der Waals surface area contributed by atoms with E-state index < -0.39 is 6.04 Å². The van der Waals surface area contributed by atoms with Gasteiger partial charge in [0.25, 0.3) is 5.91 Å².